The van der Waals surface area contributed by atoms with Crippen molar-refractivity contribution in [3.8, 4) is 0 Å². The fraction of sp³-hybridized carbons (Fsp3) is 0.385. The van der Waals surface area contributed by atoms with Crippen molar-refractivity contribution in [2.45, 2.75) is 39.5 Å². The lowest BCUT2D eigenvalue weighted by Crippen LogP contribution is -2.39. The molecule has 1 aliphatic rings. The molecular weight excluding hydrogens is 412 g/mol. The highest BCUT2D eigenvalue weighted by molar-refractivity contribution is 5.95. The Morgan fingerprint density at radius 3 is 2.52 bits per heavy atom. The molecule has 0 spiro atoms. The summed E-state index contributed by atoms with van der Waals surface area (Å²) in [6.45, 7) is 7.36. The van der Waals surface area contributed by atoms with E-state index in [2.05, 4.69) is 58.6 Å². The number of nitrogens with zero attached hydrogens (tertiary/aromatic N) is 5. The molecule has 1 atom stereocenters. The molecule has 172 valence electrons. The Hall–Kier alpha value is -3.48. The minimum atomic E-state index is -0.00633. The molecule has 33 heavy (non-hydrogen) atoms. The van der Waals surface area contributed by atoms with Gasteiger partial charge in [0.05, 0.1) is 11.3 Å². The lowest BCUT2D eigenvalue weighted by atomic mass is 9.93. The molecule has 1 aliphatic heterocycles. The first-order valence-electron chi connectivity index (χ1n) is 11.4. The highest BCUT2D eigenvalue weighted by atomic mass is 16.2. The van der Waals surface area contributed by atoms with Crippen molar-refractivity contribution < 1.29 is 4.79 Å². The number of nitrogens with one attached hydrogen (secondary N) is 1. The third-order valence-corrected chi connectivity index (χ3v) is 6.04. The first-order chi connectivity index (χ1) is 15.8. The van der Waals surface area contributed by atoms with Gasteiger partial charge in [0, 0.05) is 62.1 Å². The molecule has 1 saturated heterocycles. The van der Waals surface area contributed by atoms with E-state index >= 15 is 0 Å². The quantitative estimate of drug-likeness (QED) is 0.619. The van der Waals surface area contributed by atoms with E-state index in [-0.39, 0.29) is 11.8 Å². The van der Waals surface area contributed by atoms with E-state index in [4.69, 9.17) is 4.98 Å². The largest absolute Gasteiger partial charge is 0.355 e. The average molecular weight is 445 g/mol. The molecule has 0 saturated carbocycles. The Bertz CT molecular complexity index is 1140. The Balaban J connectivity index is 1.52. The molecular formula is C26H32N6O. The second-order valence-electron chi connectivity index (χ2n) is 9.07. The zero-order valence-electron chi connectivity index (χ0n) is 20.1. The van der Waals surface area contributed by atoms with Crippen LogP contribution in [0.2, 0.25) is 0 Å². The van der Waals surface area contributed by atoms with Crippen LogP contribution in [-0.4, -0.2) is 52.9 Å². The maximum atomic E-state index is 13.3. The maximum Gasteiger partial charge on any atom is 0.257 e. The lowest BCUT2D eigenvalue weighted by molar-refractivity contribution is 0.0704. The number of piperidine rings is 1. The normalized spacial score (nSPS) is 15.9. The zero-order valence-corrected chi connectivity index (χ0v) is 20.1. The number of pyridine rings is 1. The Morgan fingerprint density at radius 2 is 1.82 bits per heavy atom. The molecule has 4 rings (SSSR count). The van der Waals surface area contributed by atoms with E-state index in [0.717, 1.165) is 42.1 Å². The Kier molecular flexibility index (Phi) is 6.58. The first kappa shape index (κ1) is 22.7. The number of benzene rings is 1. The Labute approximate surface area is 195 Å². The van der Waals surface area contributed by atoms with E-state index in [1.807, 2.05) is 37.7 Å². The predicted molar refractivity (Wildman–Crippen MR) is 132 cm³/mol. The van der Waals surface area contributed by atoms with Crippen LogP contribution in [0.5, 0.6) is 0 Å². The number of amides is 1. The summed E-state index contributed by atoms with van der Waals surface area (Å²) in [5.74, 6) is 0.801. The minimum Gasteiger partial charge on any atom is -0.355 e. The van der Waals surface area contributed by atoms with E-state index in [9.17, 15) is 4.79 Å². The van der Waals surface area contributed by atoms with Gasteiger partial charge in [-0.1, -0.05) is 17.7 Å². The van der Waals surface area contributed by atoms with Gasteiger partial charge in [-0.3, -0.25) is 9.78 Å². The van der Waals surface area contributed by atoms with Gasteiger partial charge < -0.3 is 15.1 Å². The molecule has 7 nitrogen and oxygen atoms in total. The number of hydrogen-bond acceptors (Lipinski definition) is 6. The summed E-state index contributed by atoms with van der Waals surface area (Å²) in [5.41, 5.74) is 6.57. The fourth-order valence-corrected chi connectivity index (χ4v) is 4.23. The average Bonchev–Trinajstić information content (AvgIpc) is 2.80. The first-order valence-corrected chi connectivity index (χ1v) is 11.4. The van der Waals surface area contributed by atoms with Gasteiger partial charge in [-0.05, 0) is 57.9 Å². The monoisotopic (exact) mass is 444 g/mol. The van der Waals surface area contributed by atoms with Gasteiger partial charge in [0.1, 0.15) is 0 Å². The molecule has 7 heteroatoms. The number of carbonyl (C=O) groups excluding carboxylic acids is 1. The molecule has 1 N–H and O–H groups in total. The SMILES string of the molecule is Cc1ccc(Nc2cc(C)nc([C@H]3CCCN(C(=O)c4cnc(N(C)C)nc4C)C3)c2)cc1. The van der Waals surface area contributed by atoms with Crippen LogP contribution in [-0.2, 0) is 0 Å². The van der Waals surface area contributed by atoms with Crippen LogP contribution in [0.4, 0.5) is 17.3 Å². The van der Waals surface area contributed by atoms with Crippen molar-refractivity contribution >= 4 is 23.2 Å². The lowest BCUT2D eigenvalue weighted by Gasteiger charge is -2.33. The van der Waals surface area contributed by atoms with Gasteiger partial charge in [-0.25, -0.2) is 9.97 Å². The Morgan fingerprint density at radius 1 is 1.06 bits per heavy atom. The molecule has 0 unspecified atom stereocenters. The third kappa shape index (κ3) is 5.30. The molecule has 1 fully saturated rings. The van der Waals surface area contributed by atoms with Crippen LogP contribution in [0.1, 0.15) is 51.8 Å². The summed E-state index contributed by atoms with van der Waals surface area (Å²) in [6.07, 6.45) is 3.61. The number of carbonyl (C=O) groups is 1. The topological polar surface area (TPSA) is 74.2 Å². The maximum absolute atomic E-state index is 13.3. The van der Waals surface area contributed by atoms with E-state index < -0.39 is 0 Å². The number of aryl methyl sites for hydroxylation is 3. The van der Waals surface area contributed by atoms with E-state index in [1.54, 1.807) is 6.20 Å². The molecule has 1 amide bonds. The van der Waals surface area contributed by atoms with Gasteiger partial charge in [-0.2, -0.15) is 0 Å². The van der Waals surface area contributed by atoms with Crippen LogP contribution in [0.3, 0.4) is 0 Å². The molecule has 0 radical (unpaired) electrons. The van der Waals surface area contributed by atoms with Gasteiger partial charge in [-0.15, -0.1) is 0 Å². The highest BCUT2D eigenvalue weighted by Gasteiger charge is 2.28. The van der Waals surface area contributed by atoms with Gasteiger partial charge in [0.2, 0.25) is 5.95 Å². The summed E-state index contributed by atoms with van der Waals surface area (Å²) in [4.78, 5) is 30.7. The summed E-state index contributed by atoms with van der Waals surface area (Å²) >= 11 is 0. The van der Waals surface area contributed by atoms with E-state index in [0.29, 0.717) is 23.8 Å². The summed E-state index contributed by atoms with van der Waals surface area (Å²) in [6, 6.07) is 12.5. The van der Waals surface area contributed by atoms with Gasteiger partial charge in [0.15, 0.2) is 0 Å². The highest BCUT2D eigenvalue weighted by Crippen LogP contribution is 2.30. The number of hydrogen-bond donors (Lipinski definition) is 1. The van der Waals surface area contributed by atoms with Crippen molar-refractivity contribution in [3.05, 3.63) is 70.8 Å². The number of likely N-dealkylation sites (tertiary alicyclic amines) is 1. The van der Waals surface area contributed by atoms with Crippen LogP contribution in [0.25, 0.3) is 0 Å². The summed E-state index contributed by atoms with van der Waals surface area (Å²) in [5, 5.41) is 3.49. The molecule has 0 aliphatic carbocycles. The third-order valence-electron chi connectivity index (χ3n) is 6.04. The van der Waals surface area contributed by atoms with Crippen molar-refractivity contribution in [2.75, 3.05) is 37.4 Å². The van der Waals surface area contributed by atoms with Crippen LogP contribution in [0.15, 0.2) is 42.6 Å². The van der Waals surface area contributed by atoms with Gasteiger partial charge in [0.25, 0.3) is 5.91 Å². The van der Waals surface area contributed by atoms with Crippen molar-refractivity contribution in [1.29, 1.82) is 0 Å². The van der Waals surface area contributed by atoms with Crippen molar-refractivity contribution in [1.82, 2.24) is 19.9 Å². The summed E-state index contributed by atoms with van der Waals surface area (Å²) in [7, 11) is 3.78. The number of rotatable bonds is 5. The van der Waals surface area contributed by atoms with Crippen LogP contribution in [0, 0.1) is 20.8 Å². The number of anilines is 3. The van der Waals surface area contributed by atoms with Crippen LogP contribution >= 0.6 is 0 Å². The summed E-state index contributed by atoms with van der Waals surface area (Å²) < 4.78 is 0. The number of aromatic nitrogens is 3. The molecule has 0 bridgehead atoms. The molecule has 1 aromatic carbocycles. The molecule has 2 aromatic heterocycles. The van der Waals surface area contributed by atoms with Crippen molar-refractivity contribution in [2.24, 2.45) is 0 Å². The second-order valence-corrected chi connectivity index (χ2v) is 9.07. The van der Waals surface area contributed by atoms with Crippen molar-refractivity contribution in [3.63, 3.8) is 0 Å². The standard InChI is InChI=1S/C26H32N6O/c1-17-8-10-21(11-9-17)30-22-13-18(2)28-24(14-22)20-7-6-12-32(16-20)25(33)23-15-27-26(31(4)5)29-19(23)3/h8-11,13-15,20H,6-7,12,16H2,1-5H3,(H,28,30)/t20-/m0/s1. The zero-order chi connectivity index (χ0) is 23.5. The smallest absolute Gasteiger partial charge is 0.257 e. The molecule has 3 aromatic rings. The second kappa shape index (κ2) is 9.57. The minimum absolute atomic E-state index is 0.00633. The predicted octanol–water partition coefficient (Wildman–Crippen LogP) is 4.63. The van der Waals surface area contributed by atoms with Crippen LogP contribution < -0.4 is 10.2 Å². The molecule has 3 heterocycles. The van der Waals surface area contributed by atoms with Gasteiger partial charge >= 0.3 is 0 Å². The fourth-order valence-electron chi connectivity index (χ4n) is 4.23. The van der Waals surface area contributed by atoms with E-state index in [1.165, 1.54) is 5.56 Å².